The lowest BCUT2D eigenvalue weighted by molar-refractivity contribution is -0.384. The van der Waals surface area contributed by atoms with Crippen LogP contribution in [0.3, 0.4) is 0 Å². The second-order valence-corrected chi connectivity index (χ2v) is 4.25. The van der Waals surface area contributed by atoms with E-state index in [2.05, 4.69) is 10.3 Å². The number of benzene rings is 1. The zero-order chi connectivity index (χ0) is 15.2. The van der Waals surface area contributed by atoms with Crippen molar-refractivity contribution in [3.05, 3.63) is 69.8 Å². The molecule has 0 fully saturated rings. The minimum atomic E-state index is -0.795. The van der Waals surface area contributed by atoms with Gasteiger partial charge in [0, 0.05) is 37.0 Å². The summed E-state index contributed by atoms with van der Waals surface area (Å²) in [7, 11) is 0. The molecule has 6 nitrogen and oxygen atoms in total. The molecule has 0 bridgehead atoms. The minimum Gasteiger partial charge on any atom is -0.352 e. The smallest absolute Gasteiger partial charge is 0.270 e. The third kappa shape index (κ3) is 3.82. The van der Waals surface area contributed by atoms with Gasteiger partial charge >= 0.3 is 0 Å². The number of nitro benzene ring substituents is 1. The van der Waals surface area contributed by atoms with Crippen LogP contribution in [0.5, 0.6) is 0 Å². The monoisotopic (exact) mass is 289 g/mol. The van der Waals surface area contributed by atoms with E-state index in [1.807, 2.05) is 6.07 Å². The predicted molar refractivity (Wildman–Crippen MR) is 73.3 cm³/mol. The molecule has 0 aliphatic rings. The molecule has 21 heavy (non-hydrogen) atoms. The molecule has 1 aromatic heterocycles. The lowest BCUT2D eigenvalue weighted by Crippen LogP contribution is -2.26. The Morgan fingerprint density at radius 2 is 2.14 bits per heavy atom. The van der Waals surface area contributed by atoms with Gasteiger partial charge in [0.2, 0.25) is 0 Å². The van der Waals surface area contributed by atoms with Crippen LogP contribution in [0.15, 0.2) is 42.6 Å². The van der Waals surface area contributed by atoms with Crippen molar-refractivity contribution in [1.29, 1.82) is 0 Å². The number of hydrogen-bond acceptors (Lipinski definition) is 4. The molecular weight excluding hydrogens is 277 g/mol. The molecule has 2 aromatic rings. The summed E-state index contributed by atoms with van der Waals surface area (Å²) in [5.41, 5.74) is 0.119. The van der Waals surface area contributed by atoms with E-state index >= 15 is 0 Å². The molecule has 2 rings (SSSR count). The van der Waals surface area contributed by atoms with E-state index in [-0.39, 0.29) is 17.8 Å². The average molecular weight is 289 g/mol. The van der Waals surface area contributed by atoms with Crippen molar-refractivity contribution >= 4 is 11.6 Å². The number of carbonyl (C=O) groups excluding carboxylic acids is 1. The van der Waals surface area contributed by atoms with Crippen LogP contribution in [0.1, 0.15) is 16.1 Å². The van der Waals surface area contributed by atoms with Gasteiger partial charge < -0.3 is 5.32 Å². The molecule has 0 aliphatic carbocycles. The highest BCUT2D eigenvalue weighted by Gasteiger charge is 2.16. The SMILES string of the molecule is O=C(NCCc1ccccn1)c1cc([N+](=O)[O-])ccc1F. The molecule has 1 N–H and O–H groups in total. The van der Waals surface area contributed by atoms with Crippen molar-refractivity contribution in [2.45, 2.75) is 6.42 Å². The van der Waals surface area contributed by atoms with Gasteiger partial charge in [0.25, 0.3) is 11.6 Å². The molecule has 108 valence electrons. The van der Waals surface area contributed by atoms with E-state index < -0.39 is 16.6 Å². The summed E-state index contributed by atoms with van der Waals surface area (Å²) in [6.45, 7) is 0.262. The van der Waals surface area contributed by atoms with E-state index in [1.54, 1.807) is 18.3 Å². The minimum absolute atomic E-state index is 0.262. The molecule has 1 amide bonds. The van der Waals surface area contributed by atoms with E-state index in [0.29, 0.717) is 6.42 Å². The van der Waals surface area contributed by atoms with Crippen LogP contribution >= 0.6 is 0 Å². The van der Waals surface area contributed by atoms with Crippen molar-refractivity contribution in [1.82, 2.24) is 10.3 Å². The number of pyridine rings is 1. The Balaban J connectivity index is 2.00. The molecule has 0 aliphatic heterocycles. The third-order valence-electron chi connectivity index (χ3n) is 2.80. The van der Waals surface area contributed by atoms with Crippen molar-refractivity contribution in [2.75, 3.05) is 6.54 Å². The number of aromatic nitrogens is 1. The maximum absolute atomic E-state index is 13.5. The Morgan fingerprint density at radius 3 is 2.81 bits per heavy atom. The summed E-state index contributed by atoms with van der Waals surface area (Å²) < 4.78 is 13.5. The summed E-state index contributed by atoms with van der Waals surface area (Å²) in [5, 5.41) is 13.1. The van der Waals surface area contributed by atoms with Crippen LogP contribution in [-0.4, -0.2) is 22.4 Å². The largest absolute Gasteiger partial charge is 0.352 e. The van der Waals surface area contributed by atoms with Crippen LogP contribution in [0.4, 0.5) is 10.1 Å². The Labute approximate surface area is 119 Å². The zero-order valence-electron chi connectivity index (χ0n) is 11.0. The van der Waals surface area contributed by atoms with Gasteiger partial charge in [-0.25, -0.2) is 4.39 Å². The molecule has 0 saturated carbocycles. The van der Waals surface area contributed by atoms with Gasteiger partial charge in [-0.3, -0.25) is 19.9 Å². The van der Waals surface area contributed by atoms with Crippen LogP contribution in [0, 0.1) is 15.9 Å². The van der Waals surface area contributed by atoms with Crippen LogP contribution in [-0.2, 0) is 6.42 Å². The van der Waals surface area contributed by atoms with E-state index in [1.165, 1.54) is 0 Å². The Hall–Kier alpha value is -2.83. The lowest BCUT2D eigenvalue weighted by atomic mass is 10.1. The number of carbonyl (C=O) groups is 1. The number of nitrogens with zero attached hydrogens (tertiary/aromatic N) is 2. The molecule has 0 radical (unpaired) electrons. The summed E-state index contributed by atoms with van der Waals surface area (Å²) in [4.78, 5) is 25.9. The quantitative estimate of drug-likeness (QED) is 0.674. The van der Waals surface area contributed by atoms with Crippen molar-refractivity contribution < 1.29 is 14.1 Å². The molecule has 1 heterocycles. The Bertz CT molecular complexity index is 662. The first-order chi connectivity index (χ1) is 10.1. The van der Waals surface area contributed by atoms with E-state index in [4.69, 9.17) is 0 Å². The van der Waals surface area contributed by atoms with E-state index in [9.17, 15) is 19.3 Å². The molecule has 0 saturated heterocycles. The predicted octanol–water partition coefficient (Wildman–Crippen LogP) is 2.10. The first-order valence-corrected chi connectivity index (χ1v) is 6.20. The van der Waals surface area contributed by atoms with Crippen LogP contribution in [0.25, 0.3) is 0 Å². The maximum Gasteiger partial charge on any atom is 0.270 e. The normalized spacial score (nSPS) is 10.1. The van der Waals surface area contributed by atoms with Gasteiger partial charge in [-0.2, -0.15) is 0 Å². The second-order valence-electron chi connectivity index (χ2n) is 4.25. The second kappa shape index (κ2) is 6.56. The van der Waals surface area contributed by atoms with Crippen molar-refractivity contribution in [3.8, 4) is 0 Å². The fourth-order valence-corrected chi connectivity index (χ4v) is 1.75. The highest BCUT2D eigenvalue weighted by molar-refractivity contribution is 5.95. The first-order valence-electron chi connectivity index (χ1n) is 6.20. The maximum atomic E-state index is 13.5. The van der Waals surface area contributed by atoms with Gasteiger partial charge in [-0.05, 0) is 18.2 Å². The van der Waals surface area contributed by atoms with Gasteiger partial charge in [-0.1, -0.05) is 6.07 Å². The number of rotatable bonds is 5. The van der Waals surface area contributed by atoms with Gasteiger partial charge in [0.05, 0.1) is 10.5 Å². The number of nitrogens with one attached hydrogen (secondary N) is 1. The number of hydrogen-bond donors (Lipinski definition) is 1. The third-order valence-corrected chi connectivity index (χ3v) is 2.80. The molecular formula is C14H12FN3O3. The fourth-order valence-electron chi connectivity index (χ4n) is 1.75. The average Bonchev–Trinajstić information content (AvgIpc) is 2.48. The number of halogens is 1. The summed E-state index contributed by atoms with van der Waals surface area (Å²) >= 11 is 0. The Morgan fingerprint density at radius 1 is 1.33 bits per heavy atom. The van der Waals surface area contributed by atoms with Gasteiger partial charge in [-0.15, -0.1) is 0 Å². The van der Waals surface area contributed by atoms with Crippen LogP contribution in [0.2, 0.25) is 0 Å². The summed E-state index contributed by atoms with van der Waals surface area (Å²) in [6, 6.07) is 8.25. The Kier molecular flexibility index (Phi) is 4.55. The molecule has 1 aromatic carbocycles. The topological polar surface area (TPSA) is 85.1 Å². The van der Waals surface area contributed by atoms with Gasteiger partial charge in [0.15, 0.2) is 0 Å². The highest BCUT2D eigenvalue weighted by Crippen LogP contribution is 2.16. The van der Waals surface area contributed by atoms with Crippen LogP contribution < -0.4 is 5.32 Å². The first kappa shape index (κ1) is 14.6. The molecule has 0 atom stereocenters. The van der Waals surface area contributed by atoms with Gasteiger partial charge in [0.1, 0.15) is 5.82 Å². The van der Waals surface area contributed by atoms with Crippen molar-refractivity contribution in [2.24, 2.45) is 0 Å². The number of amides is 1. The molecule has 0 unspecified atom stereocenters. The summed E-state index contributed by atoms with van der Waals surface area (Å²) in [5.74, 6) is -1.48. The molecule has 0 spiro atoms. The zero-order valence-corrected chi connectivity index (χ0v) is 11.0. The fraction of sp³-hybridized carbons (Fsp3) is 0.143. The number of non-ortho nitro benzene ring substituents is 1. The number of nitro groups is 1. The standard InChI is InChI=1S/C14H12FN3O3/c15-13-5-4-11(18(20)21)9-12(13)14(19)17-8-6-10-3-1-2-7-16-10/h1-5,7,9H,6,8H2,(H,17,19). The highest BCUT2D eigenvalue weighted by atomic mass is 19.1. The lowest BCUT2D eigenvalue weighted by Gasteiger charge is -2.06. The van der Waals surface area contributed by atoms with Crippen molar-refractivity contribution in [3.63, 3.8) is 0 Å². The summed E-state index contributed by atoms with van der Waals surface area (Å²) in [6.07, 6.45) is 2.13. The molecule has 7 heteroatoms. The van der Waals surface area contributed by atoms with E-state index in [0.717, 1.165) is 23.9 Å².